The second kappa shape index (κ2) is 11.2. The lowest BCUT2D eigenvalue weighted by atomic mass is 10.1. The van der Waals surface area contributed by atoms with Crippen LogP contribution in [0.25, 0.3) is 0 Å². The van der Waals surface area contributed by atoms with E-state index in [1.807, 2.05) is 19.1 Å². The number of benzene rings is 2. The minimum absolute atomic E-state index is 0.0376. The van der Waals surface area contributed by atoms with Gasteiger partial charge in [0.1, 0.15) is 0 Å². The minimum atomic E-state index is -0.484. The van der Waals surface area contributed by atoms with Gasteiger partial charge < -0.3 is 15.2 Å². The molecule has 0 saturated carbocycles. The van der Waals surface area contributed by atoms with E-state index in [1.165, 1.54) is 30.0 Å². The van der Waals surface area contributed by atoms with Crippen LogP contribution >= 0.6 is 11.8 Å². The monoisotopic (exact) mass is 480 g/mol. The van der Waals surface area contributed by atoms with Gasteiger partial charge in [-0.1, -0.05) is 35.5 Å². The topological polar surface area (TPSA) is 132 Å². The Bertz CT molecular complexity index is 1220. The molecule has 2 amide bonds. The van der Waals surface area contributed by atoms with E-state index in [9.17, 15) is 19.7 Å². The predicted molar refractivity (Wildman–Crippen MR) is 130 cm³/mol. The van der Waals surface area contributed by atoms with Crippen LogP contribution in [0.2, 0.25) is 0 Å². The minimum Gasteiger partial charge on any atom is -0.345 e. The maximum Gasteiger partial charge on any atom is 0.269 e. The van der Waals surface area contributed by atoms with Gasteiger partial charge in [-0.05, 0) is 37.6 Å². The van der Waals surface area contributed by atoms with E-state index in [1.54, 1.807) is 29.7 Å². The molecular formula is C23H24N6O4S. The smallest absolute Gasteiger partial charge is 0.269 e. The lowest BCUT2D eigenvalue weighted by Gasteiger charge is -2.10. The fraction of sp³-hybridized carbons (Fsp3) is 0.217. The number of nitrogens with one attached hydrogen (secondary N) is 2. The molecule has 176 valence electrons. The Kier molecular flexibility index (Phi) is 8.14. The number of hydrogen-bond donors (Lipinski definition) is 2. The fourth-order valence-corrected chi connectivity index (χ4v) is 3.82. The number of rotatable bonds is 10. The van der Waals surface area contributed by atoms with Crippen molar-refractivity contribution >= 4 is 35.0 Å². The summed E-state index contributed by atoms with van der Waals surface area (Å²) in [6, 6.07) is 11.5. The van der Waals surface area contributed by atoms with Crippen LogP contribution in [0.1, 0.15) is 27.3 Å². The van der Waals surface area contributed by atoms with E-state index in [0.29, 0.717) is 34.3 Å². The zero-order chi connectivity index (χ0) is 24.7. The maximum atomic E-state index is 12.4. The molecule has 3 aromatic rings. The summed E-state index contributed by atoms with van der Waals surface area (Å²) in [6.07, 6.45) is 1.68. The first-order chi connectivity index (χ1) is 16.3. The number of nitro groups is 1. The number of non-ortho nitro benzene ring substituents is 1. The Balaban J connectivity index is 1.61. The Morgan fingerprint density at radius 1 is 1.18 bits per heavy atom. The average molecular weight is 481 g/mol. The summed E-state index contributed by atoms with van der Waals surface area (Å²) in [5.74, 6) is 0.0838. The number of amides is 2. The molecule has 1 aromatic heterocycles. The van der Waals surface area contributed by atoms with Crippen molar-refractivity contribution in [1.29, 1.82) is 0 Å². The van der Waals surface area contributed by atoms with Crippen LogP contribution in [0.5, 0.6) is 0 Å². The zero-order valence-electron chi connectivity index (χ0n) is 18.8. The molecule has 0 radical (unpaired) electrons. The highest BCUT2D eigenvalue weighted by molar-refractivity contribution is 7.99. The molecule has 11 heteroatoms. The predicted octanol–water partition coefficient (Wildman–Crippen LogP) is 3.65. The molecule has 0 fully saturated rings. The van der Waals surface area contributed by atoms with Crippen LogP contribution in [-0.4, -0.2) is 37.3 Å². The number of anilines is 1. The second-order valence-electron chi connectivity index (χ2n) is 7.44. The van der Waals surface area contributed by atoms with Crippen molar-refractivity contribution in [3.8, 4) is 0 Å². The van der Waals surface area contributed by atoms with Gasteiger partial charge in [0, 0.05) is 29.9 Å². The molecule has 0 unspecified atom stereocenters. The van der Waals surface area contributed by atoms with Gasteiger partial charge in [0.15, 0.2) is 11.0 Å². The molecule has 10 nitrogen and oxygen atoms in total. The van der Waals surface area contributed by atoms with Gasteiger partial charge in [0.2, 0.25) is 5.91 Å². The molecule has 34 heavy (non-hydrogen) atoms. The molecule has 1 heterocycles. The first kappa shape index (κ1) is 24.6. The van der Waals surface area contributed by atoms with Gasteiger partial charge in [0.25, 0.3) is 11.6 Å². The fourth-order valence-electron chi connectivity index (χ4n) is 3.05. The molecule has 0 aliphatic heterocycles. The van der Waals surface area contributed by atoms with Gasteiger partial charge >= 0.3 is 0 Å². The third-order valence-electron chi connectivity index (χ3n) is 4.85. The van der Waals surface area contributed by atoms with Crippen LogP contribution in [0.4, 0.5) is 11.4 Å². The molecule has 0 spiro atoms. The Morgan fingerprint density at radius 3 is 2.56 bits per heavy atom. The normalized spacial score (nSPS) is 10.5. The van der Waals surface area contributed by atoms with Crippen molar-refractivity contribution in [1.82, 2.24) is 20.1 Å². The van der Waals surface area contributed by atoms with E-state index in [4.69, 9.17) is 0 Å². The van der Waals surface area contributed by atoms with E-state index >= 15 is 0 Å². The standard InChI is InChI=1S/C23H24N6O4S/c1-4-11-28-20(13-24-22(31)17-7-5-15(2)6-8-17)26-27-23(28)34-14-21(30)25-19-10-9-18(29(32)33)12-16(19)3/h4-10,12H,1,11,13-14H2,2-3H3,(H,24,31)(H,25,30). The summed E-state index contributed by atoms with van der Waals surface area (Å²) in [6.45, 7) is 7.97. The third kappa shape index (κ3) is 6.29. The quantitative estimate of drug-likeness (QED) is 0.196. The zero-order valence-corrected chi connectivity index (χ0v) is 19.6. The number of aromatic nitrogens is 3. The van der Waals surface area contributed by atoms with Gasteiger partial charge in [-0.25, -0.2) is 0 Å². The van der Waals surface area contributed by atoms with Gasteiger partial charge in [-0.3, -0.25) is 19.7 Å². The van der Waals surface area contributed by atoms with Crippen molar-refractivity contribution in [2.75, 3.05) is 11.1 Å². The second-order valence-corrected chi connectivity index (χ2v) is 8.38. The lowest BCUT2D eigenvalue weighted by molar-refractivity contribution is -0.384. The molecule has 2 aromatic carbocycles. The SMILES string of the molecule is C=CCn1c(CNC(=O)c2ccc(C)cc2)nnc1SCC(=O)Nc1ccc([N+](=O)[O-])cc1C. The third-order valence-corrected chi connectivity index (χ3v) is 5.82. The largest absolute Gasteiger partial charge is 0.345 e. The summed E-state index contributed by atoms with van der Waals surface area (Å²) in [4.78, 5) is 35.2. The van der Waals surface area contributed by atoms with Crippen LogP contribution in [0, 0.1) is 24.0 Å². The molecule has 0 aliphatic carbocycles. The molecule has 2 N–H and O–H groups in total. The average Bonchev–Trinajstić information content (AvgIpc) is 3.19. The highest BCUT2D eigenvalue weighted by atomic mass is 32.2. The van der Waals surface area contributed by atoms with Crippen LogP contribution < -0.4 is 10.6 Å². The summed E-state index contributed by atoms with van der Waals surface area (Å²) < 4.78 is 1.78. The number of aryl methyl sites for hydroxylation is 2. The van der Waals surface area contributed by atoms with Crippen LogP contribution in [0.15, 0.2) is 60.3 Å². The van der Waals surface area contributed by atoms with Crippen molar-refractivity contribution in [3.63, 3.8) is 0 Å². The number of allylic oxidation sites excluding steroid dienone is 1. The number of nitrogens with zero attached hydrogens (tertiary/aromatic N) is 4. The number of nitro benzene ring substituents is 1. The molecule has 0 saturated heterocycles. The molecule has 0 bridgehead atoms. The first-order valence-corrected chi connectivity index (χ1v) is 11.3. The van der Waals surface area contributed by atoms with E-state index in [0.717, 1.165) is 5.56 Å². The molecule has 0 aliphatic rings. The Morgan fingerprint density at radius 2 is 1.91 bits per heavy atom. The van der Waals surface area contributed by atoms with Crippen LogP contribution in [-0.2, 0) is 17.9 Å². The number of thioether (sulfide) groups is 1. The van der Waals surface area contributed by atoms with Crippen molar-refractivity contribution in [2.24, 2.45) is 0 Å². The summed E-state index contributed by atoms with van der Waals surface area (Å²) in [5.41, 5.74) is 2.67. The summed E-state index contributed by atoms with van der Waals surface area (Å²) in [5, 5.41) is 25.3. The van der Waals surface area contributed by atoms with Gasteiger partial charge in [-0.2, -0.15) is 0 Å². The van der Waals surface area contributed by atoms with Gasteiger partial charge in [-0.15, -0.1) is 16.8 Å². The number of carbonyl (C=O) groups is 2. The van der Waals surface area contributed by atoms with Gasteiger partial charge in [0.05, 0.1) is 17.2 Å². The highest BCUT2D eigenvalue weighted by Crippen LogP contribution is 2.22. The molecule has 0 atom stereocenters. The molecule has 3 rings (SSSR count). The van der Waals surface area contributed by atoms with Crippen molar-refractivity contribution in [2.45, 2.75) is 32.1 Å². The van der Waals surface area contributed by atoms with E-state index in [2.05, 4.69) is 27.4 Å². The van der Waals surface area contributed by atoms with E-state index in [-0.39, 0.29) is 29.8 Å². The Labute approximate surface area is 200 Å². The van der Waals surface area contributed by atoms with Crippen LogP contribution in [0.3, 0.4) is 0 Å². The number of hydrogen-bond acceptors (Lipinski definition) is 7. The van der Waals surface area contributed by atoms with E-state index < -0.39 is 4.92 Å². The lowest BCUT2D eigenvalue weighted by Crippen LogP contribution is -2.24. The summed E-state index contributed by atoms with van der Waals surface area (Å²) >= 11 is 1.19. The summed E-state index contributed by atoms with van der Waals surface area (Å²) in [7, 11) is 0. The molecular weight excluding hydrogens is 456 g/mol. The first-order valence-electron chi connectivity index (χ1n) is 10.3. The maximum absolute atomic E-state index is 12.4. The number of carbonyl (C=O) groups excluding carboxylic acids is 2. The Hall–Kier alpha value is -3.99. The van der Waals surface area contributed by atoms with Crippen molar-refractivity contribution < 1.29 is 14.5 Å². The van der Waals surface area contributed by atoms with Crippen molar-refractivity contribution in [3.05, 3.63) is 87.7 Å². The highest BCUT2D eigenvalue weighted by Gasteiger charge is 2.16.